The van der Waals surface area contributed by atoms with Crippen LogP contribution in [0.1, 0.15) is 31.1 Å². The van der Waals surface area contributed by atoms with Crippen molar-refractivity contribution in [3.05, 3.63) is 58.6 Å². The molecule has 1 aromatic heterocycles. The lowest BCUT2D eigenvalue weighted by atomic mass is 10.2. The van der Waals surface area contributed by atoms with Crippen LogP contribution in [-0.4, -0.2) is 28.3 Å². The summed E-state index contributed by atoms with van der Waals surface area (Å²) in [5.41, 5.74) is 1.09. The van der Waals surface area contributed by atoms with Crippen LogP contribution >= 0.6 is 23.1 Å². The Kier molecular flexibility index (Phi) is 6.87. The third-order valence-electron chi connectivity index (χ3n) is 3.89. The van der Waals surface area contributed by atoms with Gasteiger partial charge in [-0.15, -0.1) is 11.8 Å². The predicted octanol–water partition coefficient (Wildman–Crippen LogP) is 4.65. The highest BCUT2D eigenvalue weighted by Gasteiger charge is 2.14. The summed E-state index contributed by atoms with van der Waals surface area (Å²) in [4.78, 5) is 30.4. The Bertz CT molecular complexity index is 1120. The van der Waals surface area contributed by atoms with Gasteiger partial charge in [-0.2, -0.15) is 4.99 Å². The molecule has 0 aliphatic rings. The second kappa shape index (κ2) is 9.37. The maximum Gasteiger partial charge on any atom is 0.326 e. The van der Waals surface area contributed by atoms with Crippen LogP contribution in [0.25, 0.3) is 10.2 Å². The second-order valence-corrected chi connectivity index (χ2v) is 9.16. The van der Waals surface area contributed by atoms with Crippen LogP contribution in [0.2, 0.25) is 0 Å². The van der Waals surface area contributed by atoms with Crippen molar-refractivity contribution in [2.24, 2.45) is 4.99 Å². The van der Waals surface area contributed by atoms with Crippen LogP contribution in [0.5, 0.6) is 0 Å². The molecular formula is C21H21FN2O3S2. The van der Waals surface area contributed by atoms with E-state index in [1.165, 1.54) is 12.1 Å². The Morgan fingerprint density at radius 2 is 2.03 bits per heavy atom. The number of hydrogen-bond acceptors (Lipinski definition) is 5. The fraction of sp³-hybridized carbons (Fsp3) is 0.286. The minimum Gasteiger partial charge on any atom is -0.465 e. The number of fused-ring (bicyclic) bond motifs is 1. The zero-order valence-corrected chi connectivity index (χ0v) is 18.0. The number of aromatic nitrogens is 1. The molecule has 3 rings (SSSR count). The molecule has 0 bridgehead atoms. The molecule has 0 radical (unpaired) electrons. The summed E-state index contributed by atoms with van der Waals surface area (Å²) >= 11 is 2.82. The molecule has 0 aliphatic heterocycles. The molecule has 0 atom stereocenters. The van der Waals surface area contributed by atoms with Gasteiger partial charge >= 0.3 is 5.97 Å². The summed E-state index contributed by atoms with van der Waals surface area (Å²) in [6.45, 7) is 6.04. The number of benzene rings is 2. The Hall–Kier alpha value is -2.45. The average molecular weight is 433 g/mol. The number of halogens is 1. The van der Waals surface area contributed by atoms with Crippen molar-refractivity contribution >= 4 is 45.2 Å². The van der Waals surface area contributed by atoms with Crippen LogP contribution in [0.4, 0.5) is 4.39 Å². The van der Waals surface area contributed by atoms with E-state index < -0.39 is 17.7 Å². The summed E-state index contributed by atoms with van der Waals surface area (Å²) in [5.74, 6) is -1.25. The van der Waals surface area contributed by atoms with Crippen molar-refractivity contribution in [3.8, 4) is 0 Å². The van der Waals surface area contributed by atoms with Crippen LogP contribution in [-0.2, 0) is 16.1 Å². The van der Waals surface area contributed by atoms with E-state index in [0.717, 1.165) is 16.2 Å². The molecule has 0 saturated carbocycles. The van der Waals surface area contributed by atoms with Gasteiger partial charge in [0.15, 0.2) is 4.80 Å². The molecule has 5 nitrogen and oxygen atoms in total. The molecule has 2 aromatic carbocycles. The first-order valence-electron chi connectivity index (χ1n) is 9.17. The fourth-order valence-electron chi connectivity index (χ4n) is 2.75. The highest BCUT2D eigenvalue weighted by molar-refractivity contribution is 7.99. The predicted molar refractivity (Wildman–Crippen MR) is 114 cm³/mol. The van der Waals surface area contributed by atoms with Crippen LogP contribution in [0.15, 0.2) is 52.4 Å². The summed E-state index contributed by atoms with van der Waals surface area (Å²) in [6, 6.07) is 11.5. The zero-order chi connectivity index (χ0) is 21.0. The van der Waals surface area contributed by atoms with Gasteiger partial charge in [-0.3, -0.25) is 9.59 Å². The molecule has 29 heavy (non-hydrogen) atoms. The van der Waals surface area contributed by atoms with Gasteiger partial charge in [0.2, 0.25) is 0 Å². The van der Waals surface area contributed by atoms with Gasteiger partial charge in [0.05, 0.1) is 16.8 Å². The molecule has 0 N–H and O–H groups in total. The number of hydrogen-bond donors (Lipinski definition) is 0. The number of thioether (sulfide) groups is 1. The van der Waals surface area contributed by atoms with E-state index in [2.05, 4.69) is 18.8 Å². The molecule has 152 valence electrons. The molecule has 3 aromatic rings. The Labute approximate surface area is 176 Å². The summed E-state index contributed by atoms with van der Waals surface area (Å²) in [5, 5.41) is 0.390. The lowest BCUT2D eigenvalue weighted by Crippen LogP contribution is -2.23. The lowest BCUT2D eigenvalue weighted by molar-refractivity contribution is -0.143. The van der Waals surface area contributed by atoms with Crippen molar-refractivity contribution in [2.75, 3.05) is 6.61 Å². The Morgan fingerprint density at radius 1 is 1.24 bits per heavy atom. The fourth-order valence-corrected chi connectivity index (χ4v) is 4.70. The standard InChI is InChI=1S/C21H21FN2O3S2/c1-4-27-19(25)12-24-17-9-8-15(22)11-18(17)29-21(24)23-20(26)14-6-5-7-16(10-14)28-13(2)3/h5-11,13H,4,12H2,1-3H3. The molecule has 8 heteroatoms. The summed E-state index contributed by atoms with van der Waals surface area (Å²) < 4.78 is 20.9. The normalized spacial score (nSPS) is 12.0. The number of carbonyl (C=O) groups is 2. The average Bonchev–Trinajstić information content (AvgIpc) is 2.97. The summed E-state index contributed by atoms with van der Waals surface area (Å²) in [7, 11) is 0. The van der Waals surface area contributed by atoms with E-state index >= 15 is 0 Å². The quantitative estimate of drug-likeness (QED) is 0.420. The smallest absolute Gasteiger partial charge is 0.326 e. The number of thiazole rings is 1. The highest BCUT2D eigenvalue weighted by Crippen LogP contribution is 2.24. The van der Waals surface area contributed by atoms with Gasteiger partial charge in [0.1, 0.15) is 12.4 Å². The van der Waals surface area contributed by atoms with Crippen molar-refractivity contribution < 1.29 is 18.7 Å². The second-order valence-electron chi connectivity index (χ2n) is 6.50. The molecule has 0 aliphatic carbocycles. The van der Waals surface area contributed by atoms with Crippen LogP contribution in [0, 0.1) is 5.82 Å². The van der Waals surface area contributed by atoms with E-state index in [4.69, 9.17) is 4.74 Å². The first kappa shape index (κ1) is 21.3. The highest BCUT2D eigenvalue weighted by atomic mass is 32.2. The molecule has 0 unspecified atom stereocenters. The molecule has 1 heterocycles. The largest absolute Gasteiger partial charge is 0.465 e. The summed E-state index contributed by atoms with van der Waals surface area (Å²) in [6.07, 6.45) is 0. The van der Waals surface area contributed by atoms with Crippen molar-refractivity contribution in [3.63, 3.8) is 0 Å². The molecule has 0 spiro atoms. The number of carbonyl (C=O) groups excluding carboxylic acids is 2. The molecule has 1 amide bonds. The SMILES string of the molecule is CCOC(=O)Cn1c(=NC(=O)c2cccc(SC(C)C)c2)sc2cc(F)ccc21. The Balaban J connectivity index is 2.04. The van der Waals surface area contributed by atoms with E-state index in [-0.39, 0.29) is 13.2 Å². The minimum absolute atomic E-state index is 0.102. The van der Waals surface area contributed by atoms with Gasteiger partial charge in [0, 0.05) is 15.7 Å². The van der Waals surface area contributed by atoms with E-state index in [1.54, 1.807) is 41.5 Å². The van der Waals surface area contributed by atoms with Crippen molar-refractivity contribution in [1.82, 2.24) is 4.57 Å². The topological polar surface area (TPSA) is 60.7 Å². The van der Waals surface area contributed by atoms with Gasteiger partial charge in [0.25, 0.3) is 5.91 Å². The van der Waals surface area contributed by atoms with E-state index in [0.29, 0.717) is 25.8 Å². The van der Waals surface area contributed by atoms with Gasteiger partial charge in [-0.1, -0.05) is 31.3 Å². The van der Waals surface area contributed by atoms with Gasteiger partial charge in [-0.25, -0.2) is 4.39 Å². The van der Waals surface area contributed by atoms with E-state index in [9.17, 15) is 14.0 Å². The third kappa shape index (κ3) is 5.33. The van der Waals surface area contributed by atoms with Crippen molar-refractivity contribution in [2.45, 2.75) is 37.5 Å². The third-order valence-corrected chi connectivity index (χ3v) is 5.93. The first-order valence-corrected chi connectivity index (χ1v) is 10.9. The number of rotatable bonds is 6. The lowest BCUT2D eigenvalue weighted by Gasteiger charge is -2.06. The molecular weight excluding hydrogens is 411 g/mol. The molecule has 0 saturated heterocycles. The van der Waals surface area contributed by atoms with Crippen LogP contribution < -0.4 is 4.80 Å². The first-order chi connectivity index (χ1) is 13.9. The van der Waals surface area contributed by atoms with Crippen molar-refractivity contribution in [1.29, 1.82) is 0 Å². The number of esters is 1. The van der Waals surface area contributed by atoms with Gasteiger partial charge < -0.3 is 9.30 Å². The number of amides is 1. The minimum atomic E-state index is -0.444. The van der Waals surface area contributed by atoms with E-state index in [1.807, 2.05) is 12.1 Å². The van der Waals surface area contributed by atoms with Crippen LogP contribution in [0.3, 0.4) is 0 Å². The maximum absolute atomic E-state index is 13.6. The zero-order valence-electron chi connectivity index (χ0n) is 16.3. The number of nitrogens with zero attached hydrogens (tertiary/aromatic N) is 2. The van der Waals surface area contributed by atoms with Gasteiger partial charge in [-0.05, 0) is 43.3 Å². The maximum atomic E-state index is 13.6. The number of ether oxygens (including phenoxy) is 1. The monoisotopic (exact) mass is 432 g/mol. The molecule has 0 fully saturated rings. The Morgan fingerprint density at radius 3 is 2.76 bits per heavy atom.